The molecule has 1 aliphatic carbocycles. The molecule has 17 heavy (non-hydrogen) atoms. The Hall–Kier alpha value is -0.410. The van der Waals surface area contributed by atoms with Crippen molar-refractivity contribution in [2.24, 2.45) is 5.92 Å². The highest BCUT2D eigenvalue weighted by Gasteiger charge is 2.36. The molecule has 0 N–H and O–H groups in total. The first-order chi connectivity index (χ1) is 8.22. The van der Waals surface area contributed by atoms with E-state index in [-0.39, 0.29) is 6.10 Å². The van der Waals surface area contributed by atoms with Gasteiger partial charge in [0.2, 0.25) is 0 Å². The number of nitrogens with zero attached hydrogens (tertiary/aromatic N) is 1. The number of likely N-dealkylation sites (tertiary alicyclic amines) is 1. The van der Waals surface area contributed by atoms with Crippen molar-refractivity contribution in [3.8, 4) is 0 Å². The molecule has 0 bridgehead atoms. The van der Waals surface area contributed by atoms with Crippen LogP contribution in [0.3, 0.4) is 0 Å². The van der Waals surface area contributed by atoms with E-state index in [0.29, 0.717) is 17.7 Å². The number of Topliss-reactive ketones (excluding diaryl/α,β-unsaturated/α-hetero) is 1. The molecule has 2 fully saturated rings. The van der Waals surface area contributed by atoms with Gasteiger partial charge in [0, 0.05) is 32.0 Å². The fourth-order valence-corrected chi connectivity index (χ4v) is 3.36. The summed E-state index contributed by atoms with van der Waals surface area (Å²) in [6.45, 7) is 4.23. The van der Waals surface area contributed by atoms with E-state index in [4.69, 9.17) is 4.74 Å². The topological polar surface area (TPSA) is 29.5 Å². The van der Waals surface area contributed by atoms with Crippen LogP contribution < -0.4 is 0 Å². The van der Waals surface area contributed by atoms with E-state index in [1.807, 2.05) is 0 Å². The minimum absolute atomic E-state index is 0.272. The van der Waals surface area contributed by atoms with Gasteiger partial charge >= 0.3 is 0 Å². The van der Waals surface area contributed by atoms with E-state index in [0.717, 1.165) is 32.4 Å². The number of ether oxygens (including phenoxy) is 1. The highest BCUT2D eigenvalue weighted by molar-refractivity contribution is 5.82. The molecule has 1 aliphatic heterocycles. The smallest absolute Gasteiger partial charge is 0.137 e. The standard InChI is InChI=1S/C14H25NO2/c1-11(17-2)10-15-9-5-7-13(15)12-6-3-4-8-14(12)16/h11-13H,3-10H2,1-2H3. The maximum absolute atomic E-state index is 12.0. The first-order valence-electron chi connectivity index (χ1n) is 7.02. The van der Waals surface area contributed by atoms with E-state index in [1.54, 1.807) is 7.11 Å². The van der Waals surface area contributed by atoms with Crippen LogP contribution in [0.25, 0.3) is 0 Å². The second kappa shape index (κ2) is 5.96. The summed E-state index contributed by atoms with van der Waals surface area (Å²) in [6.07, 6.45) is 6.99. The Bertz CT molecular complexity index is 267. The van der Waals surface area contributed by atoms with Gasteiger partial charge in [-0.2, -0.15) is 0 Å². The van der Waals surface area contributed by atoms with Crippen LogP contribution in [-0.4, -0.2) is 43.0 Å². The van der Waals surface area contributed by atoms with Gasteiger partial charge in [-0.3, -0.25) is 9.69 Å². The fourth-order valence-electron chi connectivity index (χ4n) is 3.36. The third-order valence-corrected chi connectivity index (χ3v) is 4.37. The van der Waals surface area contributed by atoms with E-state index in [9.17, 15) is 4.79 Å². The first-order valence-corrected chi connectivity index (χ1v) is 7.02. The molecule has 2 aliphatic rings. The van der Waals surface area contributed by atoms with Crippen molar-refractivity contribution in [1.29, 1.82) is 0 Å². The molecule has 0 amide bonds. The predicted molar refractivity (Wildman–Crippen MR) is 68.0 cm³/mol. The van der Waals surface area contributed by atoms with Crippen molar-refractivity contribution in [3.05, 3.63) is 0 Å². The van der Waals surface area contributed by atoms with Gasteiger partial charge in [0.05, 0.1) is 6.10 Å². The maximum Gasteiger partial charge on any atom is 0.137 e. The van der Waals surface area contributed by atoms with Gasteiger partial charge in [-0.1, -0.05) is 6.42 Å². The number of carbonyl (C=O) groups is 1. The minimum atomic E-state index is 0.272. The van der Waals surface area contributed by atoms with Gasteiger partial charge in [0.25, 0.3) is 0 Å². The maximum atomic E-state index is 12.0. The molecule has 0 aromatic rings. The van der Waals surface area contributed by atoms with Crippen molar-refractivity contribution < 1.29 is 9.53 Å². The minimum Gasteiger partial charge on any atom is -0.380 e. The molecule has 0 radical (unpaired) electrons. The molecule has 98 valence electrons. The highest BCUT2D eigenvalue weighted by Crippen LogP contribution is 2.32. The average Bonchev–Trinajstić information content (AvgIpc) is 2.77. The van der Waals surface area contributed by atoms with Gasteiger partial charge in [-0.05, 0) is 39.2 Å². The Labute approximate surface area is 105 Å². The number of ketones is 1. The van der Waals surface area contributed by atoms with Crippen LogP contribution in [-0.2, 0) is 9.53 Å². The number of methoxy groups -OCH3 is 1. The Kier molecular flexibility index (Phi) is 4.57. The lowest BCUT2D eigenvalue weighted by molar-refractivity contribution is -0.126. The Morgan fingerprint density at radius 1 is 1.35 bits per heavy atom. The summed E-state index contributed by atoms with van der Waals surface area (Å²) in [6, 6.07) is 0.500. The monoisotopic (exact) mass is 239 g/mol. The van der Waals surface area contributed by atoms with Crippen LogP contribution in [0.15, 0.2) is 0 Å². The number of carbonyl (C=O) groups excluding carboxylic acids is 1. The Morgan fingerprint density at radius 2 is 2.18 bits per heavy atom. The summed E-state index contributed by atoms with van der Waals surface area (Å²) in [4.78, 5) is 14.5. The third kappa shape index (κ3) is 3.08. The number of hydrogen-bond acceptors (Lipinski definition) is 3. The quantitative estimate of drug-likeness (QED) is 0.753. The summed E-state index contributed by atoms with van der Waals surface area (Å²) < 4.78 is 5.35. The number of rotatable bonds is 4. The molecule has 3 nitrogen and oxygen atoms in total. The van der Waals surface area contributed by atoms with Crippen LogP contribution in [0, 0.1) is 5.92 Å². The molecule has 3 atom stereocenters. The average molecular weight is 239 g/mol. The molecule has 2 rings (SSSR count). The molecule has 0 aromatic heterocycles. The van der Waals surface area contributed by atoms with Crippen LogP contribution >= 0.6 is 0 Å². The van der Waals surface area contributed by atoms with E-state index < -0.39 is 0 Å². The molecule has 0 spiro atoms. The molecular weight excluding hydrogens is 214 g/mol. The zero-order chi connectivity index (χ0) is 12.3. The predicted octanol–water partition coefficient (Wildman–Crippen LogP) is 2.25. The van der Waals surface area contributed by atoms with E-state index >= 15 is 0 Å². The molecular formula is C14H25NO2. The second-order valence-electron chi connectivity index (χ2n) is 5.57. The number of hydrogen-bond donors (Lipinski definition) is 0. The largest absolute Gasteiger partial charge is 0.380 e. The van der Waals surface area contributed by atoms with Gasteiger partial charge < -0.3 is 4.74 Å². The fraction of sp³-hybridized carbons (Fsp3) is 0.929. The summed E-state index contributed by atoms with van der Waals surface area (Å²) in [5.41, 5.74) is 0. The van der Waals surface area contributed by atoms with E-state index in [1.165, 1.54) is 19.3 Å². The first kappa shape index (κ1) is 13.0. The summed E-state index contributed by atoms with van der Waals surface area (Å²) in [5, 5.41) is 0. The van der Waals surface area contributed by atoms with E-state index in [2.05, 4.69) is 11.8 Å². The van der Waals surface area contributed by atoms with Crippen molar-refractivity contribution in [3.63, 3.8) is 0 Å². The highest BCUT2D eigenvalue weighted by atomic mass is 16.5. The zero-order valence-corrected chi connectivity index (χ0v) is 11.2. The zero-order valence-electron chi connectivity index (χ0n) is 11.2. The van der Waals surface area contributed by atoms with Crippen molar-refractivity contribution >= 4 is 5.78 Å². The molecule has 1 saturated heterocycles. The van der Waals surface area contributed by atoms with Crippen LogP contribution in [0.1, 0.15) is 45.4 Å². The van der Waals surface area contributed by atoms with Gasteiger partial charge in [-0.25, -0.2) is 0 Å². The lowest BCUT2D eigenvalue weighted by atomic mass is 9.82. The van der Waals surface area contributed by atoms with Crippen LogP contribution in [0.4, 0.5) is 0 Å². The Balaban J connectivity index is 1.95. The summed E-state index contributed by atoms with van der Waals surface area (Å²) in [5.74, 6) is 0.827. The SMILES string of the molecule is COC(C)CN1CCCC1C1CCCCC1=O. The van der Waals surface area contributed by atoms with Gasteiger partial charge in [0.1, 0.15) is 5.78 Å². The Morgan fingerprint density at radius 3 is 2.88 bits per heavy atom. The van der Waals surface area contributed by atoms with Crippen molar-refractivity contribution in [1.82, 2.24) is 4.90 Å². The molecule has 3 unspecified atom stereocenters. The van der Waals surface area contributed by atoms with Gasteiger partial charge in [0.15, 0.2) is 0 Å². The summed E-state index contributed by atoms with van der Waals surface area (Å²) in [7, 11) is 1.77. The van der Waals surface area contributed by atoms with Gasteiger partial charge in [-0.15, -0.1) is 0 Å². The van der Waals surface area contributed by atoms with Crippen molar-refractivity contribution in [2.45, 2.75) is 57.6 Å². The second-order valence-corrected chi connectivity index (χ2v) is 5.57. The lowest BCUT2D eigenvalue weighted by Gasteiger charge is -2.34. The molecule has 1 saturated carbocycles. The lowest BCUT2D eigenvalue weighted by Crippen LogP contribution is -2.43. The van der Waals surface area contributed by atoms with Crippen molar-refractivity contribution in [2.75, 3.05) is 20.2 Å². The molecule has 0 aromatic carbocycles. The molecule has 1 heterocycles. The third-order valence-electron chi connectivity index (χ3n) is 4.37. The normalized spacial score (nSPS) is 32.9. The van der Waals surface area contributed by atoms with Crippen LogP contribution in [0.2, 0.25) is 0 Å². The van der Waals surface area contributed by atoms with Crippen LogP contribution in [0.5, 0.6) is 0 Å². The molecule has 3 heteroatoms. The summed E-state index contributed by atoms with van der Waals surface area (Å²) >= 11 is 0.